The smallest absolute Gasteiger partial charge is 0.227 e. The molecule has 3 rings (SSSR count). The molecule has 3 heteroatoms. The molecule has 3 unspecified atom stereocenters. The second-order valence-electron chi connectivity index (χ2n) is 6.70. The molecule has 21 heavy (non-hydrogen) atoms. The van der Waals surface area contributed by atoms with Gasteiger partial charge in [0.1, 0.15) is 0 Å². The number of fused-ring (bicyclic) bond motifs is 1. The van der Waals surface area contributed by atoms with Crippen LogP contribution >= 0.6 is 0 Å². The first-order chi connectivity index (χ1) is 10.3. The summed E-state index contributed by atoms with van der Waals surface area (Å²) in [6.45, 7) is 0.542. The van der Waals surface area contributed by atoms with Crippen LogP contribution in [0.3, 0.4) is 0 Å². The number of nitrogens with one attached hydrogen (secondary N) is 1. The molecular formula is C18H26N2O. The average Bonchev–Trinajstić information content (AvgIpc) is 2.55. The van der Waals surface area contributed by atoms with Crippen LogP contribution < -0.4 is 11.1 Å². The molecule has 0 saturated heterocycles. The Hall–Kier alpha value is -1.35. The van der Waals surface area contributed by atoms with Crippen LogP contribution in [0.4, 0.5) is 5.69 Å². The van der Waals surface area contributed by atoms with Crippen molar-refractivity contribution in [2.45, 2.75) is 51.5 Å². The quantitative estimate of drug-likeness (QED) is 0.890. The van der Waals surface area contributed by atoms with Gasteiger partial charge >= 0.3 is 0 Å². The summed E-state index contributed by atoms with van der Waals surface area (Å²) in [7, 11) is 0. The molecule has 3 nitrogen and oxygen atoms in total. The predicted molar refractivity (Wildman–Crippen MR) is 85.8 cm³/mol. The van der Waals surface area contributed by atoms with E-state index in [1.807, 2.05) is 24.3 Å². The largest absolute Gasteiger partial charge is 0.326 e. The van der Waals surface area contributed by atoms with E-state index in [1.165, 1.54) is 32.1 Å². The summed E-state index contributed by atoms with van der Waals surface area (Å²) in [4.78, 5) is 12.5. The lowest BCUT2D eigenvalue weighted by Gasteiger charge is -2.38. The van der Waals surface area contributed by atoms with Gasteiger partial charge in [-0.05, 0) is 48.8 Å². The number of hydrogen-bond donors (Lipinski definition) is 2. The summed E-state index contributed by atoms with van der Waals surface area (Å²) in [5, 5.41) is 3.08. The second-order valence-corrected chi connectivity index (χ2v) is 6.70. The highest BCUT2D eigenvalue weighted by Gasteiger charge is 2.34. The monoisotopic (exact) mass is 286 g/mol. The van der Waals surface area contributed by atoms with Gasteiger partial charge in [0.25, 0.3) is 0 Å². The minimum atomic E-state index is 0.207. The molecule has 1 aromatic rings. The van der Waals surface area contributed by atoms with Crippen molar-refractivity contribution in [1.29, 1.82) is 0 Å². The number of benzene rings is 1. The molecule has 0 aromatic heterocycles. The zero-order valence-electron chi connectivity index (χ0n) is 12.7. The molecule has 114 valence electrons. The van der Waals surface area contributed by atoms with Crippen molar-refractivity contribution in [2.24, 2.45) is 23.5 Å². The maximum atomic E-state index is 12.5. The number of hydrogen-bond acceptors (Lipinski definition) is 2. The third-order valence-electron chi connectivity index (χ3n) is 5.37. The fraction of sp³-hybridized carbons (Fsp3) is 0.611. The Balaban J connectivity index is 1.57. The molecule has 0 radical (unpaired) electrons. The molecule has 3 atom stereocenters. The van der Waals surface area contributed by atoms with Crippen molar-refractivity contribution in [3.8, 4) is 0 Å². The van der Waals surface area contributed by atoms with Crippen molar-refractivity contribution in [1.82, 2.24) is 0 Å². The third kappa shape index (κ3) is 3.46. The first kappa shape index (κ1) is 14.6. The minimum absolute atomic E-state index is 0.207. The third-order valence-corrected chi connectivity index (χ3v) is 5.37. The van der Waals surface area contributed by atoms with Gasteiger partial charge < -0.3 is 11.1 Å². The summed E-state index contributed by atoms with van der Waals surface area (Å²) in [5.74, 6) is 2.10. The summed E-state index contributed by atoms with van der Waals surface area (Å²) in [6.07, 6.45) is 8.88. The van der Waals surface area contributed by atoms with Gasteiger partial charge in [-0.15, -0.1) is 0 Å². The van der Waals surface area contributed by atoms with Gasteiger partial charge in [0.15, 0.2) is 0 Å². The van der Waals surface area contributed by atoms with Crippen molar-refractivity contribution in [3.63, 3.8) is 0 Å². The van der Waals surface area contributed by atoms with Gasteiger partial charge in [0.05, 0.1) is 0 Å². The fourth-order valence-electron chi connectivity index (χ4n) is 4.08. The fourth-order valence-corrected chi connectivity index (χ4v) is 4.08. The van der Waals surface area contributed by atoms with Crippen LogP contribution in [0.5, 0.6) is 0 Å². The topological polar surface area (TPSA) is 55.1 Å². The van der Waals surface area contributed by atoms with Crippen LogP contribution in [0.15, 0.2) is 24.3 Å². The SMILES string of the molecule is NCc1ccc(NC(=O)C2CCC3CCCCC3C2)cc1. The Kier molecular flexibility index (Phi) is 4.59. The molecule has 2 aliphatic carbocycles. The van der Waals surface area contributed by atoms with Gasteiger partial charge in [0.2, 0.25) is 5.91 Å². The van der Waals surface area contributed by atoms with Gasteiger partial charge in [-0.3, -0.25) is 4.79 Å². The molecule has 3 N–H and O–H groups in total. The van der Waals surface area contributed by atoms with Gasteiger partial charge in [-0.2, -0.15) is 0 Å². The maximum absolute atomic E-state index is 12.5. The lowest BCUT2D eigenvalue weighted by atomic mass is 9.67. The number of rotatable bonds is 3. The van der Waals surface area contributed by atoms with E-state index in [-0.39, 0.29) is 11.8 Å². The highest BCUT2D eigenvalue weighted by atomic mass is 16.1. The summed E-state index contributed by atoms with van der Waals surface area (Å²) >= 11 is 0. The minimum Gasteiger partial charge on any atom is -0.326 e. The normalized spacial score (nSPS) is 28.7. The molecule has 1 aromatic carbocycles. The first-order valence-corrected chi connectivity index (χ1v) is 8.36. The number of anilines is 1. The van der Waals surface area contributed by atoms with Crippen molar-refractivity contribution in [2.75, 3.05) is 5.32 Å². The number of amides is 1. The molecule has 0 spiro atoms. The van der Waals surface area contributed by atoms with E-state index in [9.17, 15) is 4.79 Å². The van der Waals surface area contributed by atoms with Gasteiger partial charge in [-0.25, -0.2) is 0 Å². The van der Waals surface area contributed by atoms with E-state index in [1.54, 1.807) is 0 Å². The Morgan fingerprint density at radius 2 is 1.76 bits per heavy atom. The Morgan fingerprint density at radius 3 is 2.48 bits per heavy atom. The molecule has 2 fully saturated rings. The van der Waals surface area contributed by atoms with Crippen molar-refractivity contribution >= 4 is 11.6 Å². The zero-order valence-corrected chi connectivity index (χ0v) is 12.7. The highest BCUT2D eigenvalue weighted by molar-refractivity contribution is 5.92. The highest BCUT2D eigenvalue weighted by Crippen LogP contribution is 2.42. The predicted octanol–water partition coefficient (Wildman–Crippen LogP) is 3.69. The summed E-state index contributed by atoms with van der Waals surface area (Å²) < 4.78 is 0. The molecule has 0 bridgehead atoms. The Labute approximate surface area is 127 Å². The molecule has 0 aliphatic heterocycles. The standard InChI is InChI=1S/C18H26N2O/c19-12-13-5-9-17(10-6-13)20-18(21)16-8-7-14-3-1-2-4-15(14)11-16/h5-6,9-10,14-16H,1-4,7-8,11-12,19H2,(H,20,21). The van der Waals surface area contributed by atoms with Crippen molar-refractivity contribution < 1.29 is 4.79 Å². The number of carbonyl (C=O) groups is 1. The first-order valence-electron chi connectivity index (χ1n) is 8.36. The molecule has 2 saturated carbocycles. The van der Waals surface area contributed by atoms with Crippen molar-refractivity contribution in [3.05, 3.63) is 29.8 Å². The Bertz CT molecular complexity index is 482. The van der Waals surface area contributed by atoms with Crippen LogP contribution in [0.1, 0.15) is 50.5 Å². The van der Waals surface area contributed by atoms with E-state index >= 15 is 0 Å². The number of carbonyl (C=O) groups excluding carboxylic acids is 1. The van der Waals surface area contributed by atoms with E-state index < -0.39 is 0 Å². The van der Waals surface area contributed by atoms with Gasteiger partial charge in [0, 0.05) is 18.2 Å². The maximum Gasteiger partial charge on any atom is 0.227 e. The van der Waals surface area contributed by atoms with Crippen LogP contribution in [0.25, 0.3) is 0 Å². The zero-order chi connectivity index (χ0) is 14.7. The van der Waals surface area contributed by atoms with E-state index in [0.29, 0.717) is 6.54 Å². The molecule has 0 heterocycles. The van der Waals surface area contributed by atoms with E-state index in [2.05, 4.69) is 5.32 Å². The average molecular weight is 286 g/mol. The lowest BCUT2D eigenvalue weighted by Crippen LogP contribution is -2.33. The molecule has 1 amide bonds. The van der Waals surface area contributed by atoms with E-state index in [0.717, 1.165) is 35.9 Å². The van der Waals surface area contributed by atoms with Crippen LogP contribution in [0, 0.1) is 17.8 Å². The van der Waals surface area contributed by atoms with Crippen LogP contribution in [-0.2, 0) is 11.3 Å². The molecule has 2 aliphatic rings. The lowest BCUT2D eigenvalue weighted by molar-refractivity contribution is -0.122. The molecular weight excluding hydrogens is 260 g/mol. The van der Waals surface area contributed by atoms with Crippen LogP contribution in [0.2, 0.25) is 0 Å². The summed E-state index contributed by atoms with van der Waals surface area (Å²) in [5.41, 5.74) is 7.58. The Morgan fingerprint density at radius 1 is 1.05 bits per heavy atom. The van der Waals surface area contributed by atoms with Crippen LogP contribution in [-0.4, -0.2) is 5.91 Å². The van der Waals surface area contributed by atoms with Gasteiger partial charge in [-0.1, -0.05) is 37.8 Å². The number of nitrogens with two attached hydrogens (primary N) is 1. The van der Waals surface area contributed by atoms with E-state index in [4.69, 9.17) is 5.73 Å². The second kappa shape index (κ2) is 6.61. The summed E-state index contributed by atoms with van der Waals surface area (Å²) in [6, 6.07) is 7.86.